The first kappa shape index (κ1) is 15.3. The molecule has 1 N–H and O–H groups in total. The number of carboxylic acids is 1. The zero-order chi connectivity index (χ0) is 15.7. The third-order valence-corrected chi connectivity index (χ3v) is 5.44. The summed E-state index contributed by atoms with van der Waals surface area (Å²) in [7, 11) is 0. The van der Waals surface area contributed by atoms with Gasteiger partial charge in [-0.25, -0.2) is 4.79 Å². The number of rotatable bonds is 5. The Balaban J connectivity index is 2.01. The van der Waals surface area contributed by atoms with Crippen LogP contribution in [0, 0.1) is 0 Å². The molecule has 2 aliphatic rings. The summed E-state index contributed by atoms with van der Waals surface area (Å²) >= 11 is 1.31. The summed E-state index contributed by atoms with van der Waals surface area (Å²) in [5.74, 6) is -0.913. The molecule has 22 heavy (non-hydrogen) atoms. The van der Waals surface area contributed by atoms with Crippen molar-refractivity contribution in [1.29, 1.82) is 0 Å². The minimum absolute atomic E-state index is 0.0203. The summed E-state index contributed by atoms with van der Waals surface area (Å²) in [6.07, 6.45) is 8.99. The van der Waals surface area contributed by atoms with E-state index in [1.807, 2.05) is 13.0 Å². The lowest BCUT2D eigenvalue weighted by Crippen LogP contribution is -2.33. The molecule has 2 aliphatic carbocycles. The Hall–Kier alpha value is -1.62. The van der Waals surface area contributed by atoms with Crippen LogP contribution in [0.3, 0.4) is 0 Å². The highest BCUT2D eigenvalue weighted by Gasteiger charge is 2.36. The van der Waals surface area contributed by atoms with E-state index in [1.54, 1.807) is 4.90 Å². The number of amides is 1. The molecule has 3 rings (SSSR count). The molecule has 0 bridgehead atoms. The van der Waals surface area contributed by atoms with Crippen LogP contribution >= 0.6 is 11.3 Å². The van der Waals surface area contributed by atoms with E-state index in [1.165, 1.54) is 23.3 Å². The number of thiophene rings is 1. The SMILES string of the molecule is CCC(=O)N(c1cc(C2=CCCCC2)sc1C(=O)O)C1CC1. The highest BCUT2D eigenvalue weighted by atomic mass is 32.1. The van der Waals surface area contributed by atoms with Crippen molar-refractivity contribution >= 4 is 34.5 Å². The van der Waals surface area contributed by atoms with Crippen LogP contribution in [0.25, 0.3) is 5.57 Å². The summed E-state index contributed by atoms with van der Waals surface area (Å²) in [5, 5.41) is 9.54. The Labute approximate surface area is 134 Å². The Morgan fingerprint density at radius 1 is 1.36 bits per heavy atom. The van der Waals surface area contributed by atoms with Crippen molar-refractivity contribution in [3.05, 3.63) is 21.9 Å². The number of anilines is 1. The average molecular weight is 319 g/mol. The van der Waals surface area contributed by atoms with E-state index < -0.39 is 5.97 Å². The number of hydrogen-bond donors (Lipinski definition) is 1. The summed E-state index contributed by atoms with van der Waals surface area (Å²) in [6.45, 7) is 1.83. The molecule has 0 spiro atoms. The molecule has 0 saturated heterocycles. The predicted octanol–water partition coefficient (Wildman–Crippen LogP) is 4.31. The average Bonchev–Trinajstić information content (AvgIpc) is 3.26. The molecular weight excluding hydrogens is 298 g/mol. The molecule has 0 unspecified atom stereocenters. The fourth-order valence-electron chi connectivity index (χ4n) is 2.97. The Bertz CT molecular complexity index is 628. The molecule has 5 heteroatoms. The van der Waals surface area contributed by atoms with Gasteiger partial charge in [-0.15, -0.1) is 11.3 Å². The van der Waals surface area contributed by atoms with Crippen molar-refractivity contribution in [3.63, 3.8) is 0 Å². The van der Waals surface area contributed by atoms with Crippen LogP contribution in [0.1, 0.15) is 66.4 Å². The topological polar surface area (TPSA) is 57.6 Å². The number of aromatic carboxylic acids is 1. The van der Waals surface area contributed by atoms with E-state index in [9.17, 15) is 14.7 Å². The van der Waals surface area contributed by atoms with Gasteiger partial charge < -0.3 is 10.0 Å². The molecule has 1 aromatic rings. The molecule has 118 valence electrons. The maximum atomic E-state index is 12.3. The minimum atomic E-state index is -0.933. The molecule has 0 aliphatic heterocycles. The molecule has 1 saturated carbocycles. The van der Waals surface area contributed by atoms with Gasteiger partial charge in [0, 0.05) is 17.3 Å². The van der Waals surface area contributed by atoms with Crippen molar-refractivity contribution in [2.45, 2.75) is 57.9 Å². The van der Waals surface area contributed by atoms with Gasteiger partial charge >= 0.3 is 5.97 Å². The Morgan fingerprint density at radius 2 is 2.14 bits per heavy atom. The second-order valence-electron chi connectivity index (χ2n) is 5.95. The first-order chi connectivity index (χ1) is 10.6. The van der Waals surface area contributed by atoms with Gasteiger partial charge in [0.25, 0.3) is 0 Å². The lowest BCUT2D eigenvalue weighted by molar-refractivity contribution is -0.118. The van der Waals surface area contributed by atoms with Crippen molar-refractivity contribution in [2.24, 2.45) is 0 Å². The highest BCUT2D eigenvalue weighted by Crippen LogP contribution is 2.41. The van der Waals surface area contributed by atoms with Crippen LogP contribution in [0.4, 0.5) is 5.69 Å². The lowest BCUT2D eigenvalue weighted by Gasteiger charge is -2.21. The quantitative estimate of drug-likeness (QED) is 0.880. The largest absolute Gasteiger partial charge is 0.477 e. The monoisotopic (exact) mass is 319 g/mol. The van der Waals surface area contributed by atoms with Gasteiger partial charge in [0.05, 0.1) is 5.69 Å². The first-order valence-corrected chi connectivity index (χ1v) is 8.82. The van der Waals surface area contributed by atoms with Crippen LogP contribution in [0.5, 0.6) is 0 Å². The fourth-order valence-corrected chi connectivity index (χ4v) is 4.03. The van der Waals surface area contributed by atoms with Gasteiger partial charge in [-0.3, -0.25) is 4.79 Å². The number of hydrogen-bond acceptors (Lipinski definition) is 3. The summed E-state index contributed by atoms with van der Waals surface area (Å²) in [6, 6.07) is 2.12. The van der Waals surface area contributed by atoms with Crippen LogP contribution < -0.4 is 4.90 Å². The van der Waals surface area contributed by atoms with Gasteiger partial charge in [-0.2, -0.15) is 0 Å². The number of carboxylic acid groups (broad SMARTS) is 1. The van der Waals surface area contributed by atoms with Crippen LogP contribution in [0.2, 0.25) is 0 Å². The van der Waals surface area contributed by atoms with E-state index in [0.717, 1.165) is 37.0 Å². The molecule has 1 aromatic heterocycles. The number of nitrogens with zero attached hydrogens (tertiary/aromatic N) is 1. The molecule has 1 heterocycles. The van der Waals surface area contributed by atoms with E-state index >= 15 is 0 Å². The van der Waals surface area contributed by atoms with Crippen molar-refractivity contribution < 1.29 is 14.7 Å². The minimum Gasteiger partial charge on any atom is -0.477 e. The first-order valence-electron chi connectivity index (χ1n) is 8.00. The maximum Gasteiger partial charge on any atom is 0.348 e. The van der Waals surface area contributed by atoms with E-state index in [-0.39, 0.29) is 11.9 Å². The van der Waals surface area contributed by atoms with E-state index in [0.29, 0.717) is 17.0 Å². The molecular formula is C17H21NO3S. The van der Waals surface area contributed by atoms with Gasteiger partial charge in [0.15, 0.2) is 0 Å². The maximum absolute atomic E-state index is 12.3. The normalized spacial score (nSPS) is 18.0. The molecule has 0 atom stereocenters. The highest BCUT2D eigenvalue weighted by molar-refractivity contribution is 7.15. The van der Waals surface area contributed by atoms with Crippen LogP contribution in [-0.2, 0) is 4.79 Å². The molecule has 0 radical (unpaired) electrons. The number of carbonyl (C=O) groups is 2. The van der Waals surface area contributed by atoms with E-state index in [2.05, 4.69) is 6.08 Å². The summed E-state index contributed by atoms with van der Waals surface area (Å²) < 4.78 is 0. The molecule has 4 nitrogen and oxygen atoms in total. The van der Waals surface area contributed by atoms with Gasteiger partial charge in [0.1, 0.15) is 4.88 Å². The standard InChI is InChI=1S/C17H21NO3S/c1-2-15(19)18(12-8-9-12)13-10-14(22-16(13)17(20)21)11-6-4-3-5-7-11/h6,10,12H,2-5,7-9H2,1H3,(H,20,21). The van der Waals surface area contributed by atoms with Crippen molar-refractivity contribution in [1.82, 2.24) is 0 Å². The van der Waals surface area contributed by atoms with Gasteiger partial charge in [0.2, 0.25) is 5.91 Å². The Morgan fingerprint density at radius 3 is 2.68 bits per heavy atom. The van der Waals surface area contributed by atoms with Crippen molar-refractivity contribution in [3.8, 4) is 0 Å². The summed E-state index contributed by atoms with van der Waals surface area (Å²) in [5.41, 5.74) is 1.85. The van der Waals surface area contributed by atoms with Gasteiger partial charge in [-0.1, -0.05) is 13.0 Å². The second-order valence-corrected chi connectivity index (χ2v) is 7.01. The smallest absolute Gasteiger partial charge is 0.348 e. The number of carbonyl (C=O) groups excluding carboxylic acids is 1. The fraction of sp³-hybridized carbons (Fsp3) is 0.529. The zero-order valence-corrected chi connectivity index (χ0v) is 13.6. The molecule has 0 aromatic carbocycles. The second kappa shape index (κ2) is 6.24. The van der Waals surface area contributed by atoms with Crippen LogP contribution in [0.15, 0.2) is 12.1 Å². The Kier molecular flexibility index (Phi) is 4.34. The zero-order valence-electron chi connectivity index (χ0n) is 12.8. The lowest BCUT2D eigenvalue weighted by atomic mass is 9.98. The summed E-state index contributed by atoms with van der Waals surface area (Å²) in [4.78, 5) is 27.0. The van der Waals surface area contributed by atoms with Crippen molar-refractivity contribution in [2.75, 3.05) is 4.90 Å². The van der Waals surface area contributed by atoms with E-state index in [4.69, 9.17) is 0 Å². The third kappa shape index (κ3) is 2.95. The predicted molar refractivity (Wildman–Crippen MR) is 88.5 cm³/mol. The molecule has 1 fully saturated rings. The third-order valence-electron chi connectivity index (χ3n) is 4.26. The van der Waals surface area contributed by atoms with Crippen LogP contribution in [-0.4, -0.2) is 23.0 Å². The van der Waals surface area contributed by atoms with Gasteiger partial charge in [-0.05, 0) is 50.2 Å². The molecule has 1 amide bonds. The number of allylic oxidation sites excluding steroid dienone is 2.